The summed E-state index contributed by atoms with van der Waals surface area (Å²) in [7, 11) is 1.56. The van der Waals surface area contributed by atoms with Crippen LogP contribution in [0, 0.1) is 0 Å². The first-order valence-electron chi connectivity index (χ1n) is 11.4. The Morgan fingerprint density at radius 2 is 1.82 bits per heavy atom. The molecule has 5 rings (SSSR count). The lowest BCUT2D eigenvalue weighted by Gasteiger charge is -2.39. The third kappa shape index (κ3) is 4.19. The molecule has 0 spiro atoms. The number of thiazole rings is 1. The van der Waals surface area contributed by atoms with Crippen LogP contribution in [0.1, 0.15) is 38.2 Å². The van der Waals surface area contributed by atoms with Crippen molar-refractivity contribution in [2.24, 2.45) is 0 Å². The largest absolute Gasteiger partial charge is 0.504 e. The fraction of sp³-hybridized carbons (Fsp3) is 0.417. The summed E-state index contributed by atoms with van der Waals surface area (Å²) in [6.45, 7) is 9.61. The molecular weight excluding hydrogens is 450 g/mol. The summed E-state index contributed by atoms with van der Waals surface area (Å²) in [5.74, 6) is 1.32. The van der Waals surface area contributed by atoms with Gasteiger partial charge in [0.2, 0.25) is 0 Å². The van der Waals surface area contributed by atoms with Crippen LogP contribution in [-0.4, -0.2) is 68.5 Å². The fourth-order valence-electron chi connectivity index (χ4n) is 4.40. The lowest BCUT2D eigenvalue weighted by molar-refractivity contribution is 0.191. The number of phenols is 1. The summed E-state index contributed by atoms with van der Waals surface area (Å²) in [5, 5.41) is 24.0. The molecule has 1 aliphatic rings. The molecule has 34 heavy (non-hydrogen) atoms. The van der Waals surface area contributed by atoms with Crippen molar-refractivity contribution >= 4 is 26.7 Å². The molecule has 0 amide bonds. The minimum Gasteiger partial charge on any atom is -0.504 e. The van der Waals surface area contributed by atoms with Crippen LogP contribution in [0.15, 0.2) is 42.5 Å². The highest BCUT2D eigenvalue weighted by molar-refractivity contribution is 7.22. The van der Waals surface area contributed by atoms with Crippen LogP contribution in [0.2, 0.25) is 0 Å². The van der Waals surface area contributed by atoms with Gasteiger partial charge in [-0.05, 0) is 61.0 Å². The van der Waals surface area contributed by atoms with Crippen molar-refractivity contribution in [1.29, 1.82) is 0 Å². The van der Waals surface area contributed by atoms with Crippen molar-refractivity contribution in [2.75, 3.05) is 38.2 Å². The van der Waals surface area contributed by atoms with E-state index in [0.717, 1.165) is 48.2 Å². The van der Waals surface area contributed by atoms with Gasteiger partial charge in [-0.3, -0.25) is 4.90 Å². The number of para-hydroxylation sites is 1. The van der Waals surface area contributed by atoms with Gasteiger partial charge in [-0.15, -0.1) is 5.10 Å². The number of hydrogen-bond donors (Lipinski definition) is 1. The number of benzene rings is 2. The molecule has 1 N–H and O–H groups in total. The van der Waals surface area contributed by atoms with E-state index in [1.165, 1.54) is 4.70 Å². The fourth-order valence-corrected chi connectivity index (χ4v) is 5.41. The molecule has 9 nitrogen and oxygen atoms in total. The average Bonchev–Trinajstić information content (AvgIpc) is 3.48. The number of rotatable bonds is 5. The Hall–Kier alpha value is -3.24. The van der Waals surface area contributed by atoms with Gasteiger partial charge in [0.05, 0.1) is 28.9 Å². The third-order valence-corrected chi connectivity index (χ3v) is 7.22. The first-order chi connectivity index (χ1) is 16.3. The zero-order chi connectivity index (χ0) is 23.9. The third-order valence-electron chi connectivity index (χ3n) is 6.13. The number of anilines is 1. The maximum atomic E-state index is 10.2. The molecule has 1 saturated heterocycles. The van der Waals surface area contributed by atoms with Gasteiger partial charge < -0.3 is 14.7 Å². The molecule has 2 aromatic carbocycles. The van der Waals surface area contributed by atoms with E-state index in [2.05, 4.69) is 64.3 Å². The highest BCUT2D eigenvalue weighted by atomic mass is 32.1. The van der Waals surface area contributed by atoms with Crippen molar-refractivity contribution in [3.05, 3.63) is 53.9 Å². The van der Waals surface area contributed by atoms with E-state index < -0.39 is 0 Å². The number of aromatic hydroxyl groups is 1. The first kappa shape index (κ1) is 22.5. The van der Waals surface area contributed by atoms with Gasteiger partial charge in [-0.25, -0.2) is 9.67 Å². The van der Waals surface area contributed by atoms with Crippen molar-refractivity contribution in [2.45, 2.75) is 32.4 Å². The normalized spacial score (nSPS) is 16.2. The van der Waals surface area contributed by atoms with Gasteiger partial charge in [-0.2, -0.15) is 0 Å². The summed E-state index contributed by atoms with van der Waals surface area (Å²) in [6, 6.07) is 13.5. The highest BCUT2D eigenvalue weighted by Gasteiger charge is 2.34. The van der Waals surface area contributed by atoms with Crippen LogP contribution in [0.4, 0.5) is 5.13 Å². The van der Waals surface area contributed by atoms with E-state index in [9.17, 15) is 5.11 Å². The molecule has 178 valence electrons. The van der Waals surface area contributed by atoms with Crippen LogP contribution in [0.3, 0.4) is 0 Å². The smallest absolute Gasteiger partial charge is 0.186 e. The zero-order valence-corrected chi connectivity index (χ0v) is 20.7. The Balaban J connectivity index is 1.46. The molecule has 0 bridgehead atoms. The molecule has 1 fully saturated rings. The van der Waals surface area contributed by atoms with Gasteiger partial charge in [0, 0.05) is 26.2 Å². The van der Waals surface area contributed by atoms with Gasteiger partial charge in [0.1, 0.15) is 0 Å². The minimum absolute atomic E-state index is 0.112. The summed E-state index contributed by atoms with van der Waals surface area (Å²) < 4.78 is 8.49. The van der Waals surface area contributed by atoms with Crippen molar-refractivity contribution in [1.82, 2.24) is 30.1 Å². The molecule has 0 unspecified atom stereocenters. The van der Waals surface area contributed by atoms with Gasteiger partial charge in [0.25, 0.3) is 0 Å². The molecule has 0 saturated carbocycles. The first-order valence-corrected chi connectivity index (χ1v) is 12.2. The van der Waals surface area contributed by atoms with Crippen LogP contribution >= 0.6 is 11.3 Å². The number of tetrazole rings is 1. The number of fused-ring (bicyclic) bond motifs is 1. The number of ether oxygens (including phenoxy) is 1. The van der Waals surface area contributed by atoms with Crippen molar-refractivity contribution < 1.29 is 9.84 Å². The van der Waals surface area contributed by atoms with E-state index in [-0.39, 0.29) is 17.3 Å². The molecular formula is C24H29N7O2S. The van der Waals surface area contributed by atoms with Crippen LogP contribution < -0.4 is 9.64 Å². The molecule has 4 aromatic rings. The SMILES string of the molecule is COc1cc([C@@H](c2nnnn2C(C)(C)C)N2CCN(c3nc4ccccc4s3)CC2)ccc1O. The Morgan fingerprint density at radius 1 is 1.06 bits per heavy atom. The van der Waals surface area contributed by atoms with E-state index in [1.807, 2.05) is 22.9 Å². The average molecular weight is 480 g/mol. The van der Waals surface area contributed by atoms with Crippen LogP contribution in [0.25, 0.3) is 10.2 Å². The summed E-state index contributed by atoms with van der Waals surface area (Å²) >= 11 is 1.74. The minimum atomic E-state index is -0.277. The predicted octanol–water partition coefficient (Wildman–Crippen LogP) is 3.66. The summed E-state index contributed by atoms with van der Waals surface area (Å²) in [4.78, 5) is 9.58. The molecule has 0 aliphatic carbocycles. The van der Waals surface area contributed by atoms with Crippen molar-refractivity contribution in [3.8, 4) is 11.5 Å². The van der Waals surface area contributed by atoms with E-state index >= 15 is 0 Å². The van der Waals surface area contributed by atoms with Gasteiger partial charge in [0.15, 0.2) is 22.5 Å². The lowest BCUT2D eigenvalue weighted by atomic mass is 10.0. The van der Waals surface area contributed by atoms with E-state index in [4.69, 9.17) is 9.72 Å². The number of hydrogen-bond acceptors (Lipinski definition) is 9. The molecule has 1 atom stereocenters. The second-order valence-corrected chi connectivity index (χ2v) is 10.4. The standard InChI is InChI=1S/C24H29N7O2S/c1-24(2,3)31-22(26-27-28-31)21(16-9-10-18(32)19(15-16)33-4)29-11-13-30(14-12-29)23-25-17-7-5-6-8-20(17)34-23/h5-10,15,21,32H,11-14H2,1-4H3/t21-/m0/s1. The highest BCUT2D eigenvalue weighted by Crippen LogP contribution is 2.36. The number of aromatic nitrogens is 5. The maximum Gasteiger partial charge on any atom is 0.186 e. The monoisotopic (exact) mass is 479 g/mol. The Labute approximate surface area is 202 Å². The van der Waals surface area contributed by atoms with E-state index in [0.29, 0.717) is 5.75 Å². The number of methoxy groups -OCH3 is 1. The van der Waals surface area contributed by atoms with Crippen molar-refractivity contribution in [3.63, 3.8) is 0 Å². The Bertz CT molecular complexity index is 1250. The summed E-state index contributed by atoms with van der Waals surface area (Å²) in [5.41, 5.74) is 1.74. The van der Waals surface area contributed by atoms with Gasteiger partial charge >= 0.3 is 0 Å². The Morgan fingerprint density at radius 3 is 2.53 bits per heavy atom. The quantitative estimate of drug-likeness (QED) is 0.464. The predicted molar refractivity (Wildman–Crippen MR) is 133 cm³/mol. The second-order valence-electron chi connectivity index (χ2n) is 9.44. The van der Waals surface area contributed by atoms with Gasteiger partial charge in [-0.1, -0.05) is 29.5 Å². The lowest BCUT2D eigenvalue weighted by Crippen LogP contribution is -2.48. The maximum absolute atomic E-state index is 10.2. The van der Waals surface area contributed by atoms with Crippen LogP contribution in [-0.2, 0) is 5.54 Å². The number of nitrogens with zero attached hydrogens (tertiary/aromatic N) is 7. The Kier molecular flexibility index (Phi) is 5.86. The molecule has 10 heteroatoms. The molecule has 1 aliphatic heterocycles. The van der Waals surface area contributed by atoms with E-state index in [1.54, 1.807) is 24.5 Å². The summed E-state index contributed by atoms with van der Waals surface area (Å²) in [6.07, 6.45) is 0. The second kappa shape index (κ2) is 8.84. The molecule has 2 aromatic heterocycles. The molecule has 3 heterocycles. The number of piperazine rings is 1. The van der Waals surface area contributed by atoms with Crippen LogP contribution in [0.5, 0.6) is 11.5 Å². The topological polar surface area (TPSA) is 92.4 Å². The molecule has 0 radical (unpaired) electrons. The number of phenolic OH excluding ortho intramolecular Hbond substituents is 1. The zero-order valence-electron chi connectivity index (χ0n) is 19.8.